The Morgan fingerprint density at radius 2 is 1.74 bits per heavy atom. The van der Waals surface area contributed by atoms with Gasteiger partial charge in [-0.1, -0.05) is 60.7 Å². The van der Waals surface area contributed by atoms with Crippen molar-refractivity contribution in [3.05, 3.63) is 106 Å². The molecule has 0 radical (unpaired) electrons. The first kappa shape index (κ1) is 21.6. The fourth-order valence-electron chi connectivity index (χ4n) is 4.40. The second kappa shape index (κ2) is 8.28. The summed E-state index contributed by atoms with van der Waals surface area (Å²) in [6.45, 7) is 0.241. The molecule has 7 nitrogen and oxygen atoms in total. The van der Waals surface area contributed by atoms with Gasteiger partial charge in [0.05, 0.1) is 25.8 Å². The molecule has 34 heavy (non-hydrogen) atoms. The van der Waals surface area contributed by atoms with Crippen LogP contribution in [-0.4, -0.2) is 23.9 Å². The Labute approximate surface area is 194 Å². The van der Waals surface area contributed by atoms with Gasteiger partial charge >= 0.3 is 5.63 Å². The molecule has 1 atom stereocenters. The van der Waals surface area contributed by atoms with E-state index in [0.717, 1.165) is 5.56 Å². The number of anilines is 1. The summed E-state index contributed by atoms with van der Waals surface area (Å²) in [5.41, 5.74) is -1.23. The number of ketones is 1. The van der Waals surface area contributed by atoms with Crippen molar-refractivity contribution in [2.24, 2.45) is 0 Å². The average Bonchev–Trinajstić information content (AvgIpc) is 3.05. The van der Waals surface area contributed by atoms with Crippen LogP contribution >= 0.6 is 0 Å². The molecule has 1 amide bonds. The van der Waals surface area contributed by atoms with E-state index in [1.807, 2.05) is 30.3 Å². The predicted molar refractivity (Wildman–Crippen MR) is 126 cm³/mol. The van der Waals surface area contributed by atoms with E-state index in [1.165, 1.54) is 18.1 Å². The van der Waals surface area contributed by atoms with Crippen LogP contribution < -0.4 is 15.3 Å². The fourth-order valence-corrected chi connectivity index (χ4v) is 4.40. The number of Topliss-reactive ketones (excluding diaryl/α,β-unsaturated/α-hetero) is 1. The lowest BCUT2D eigenvalue weighted by Gasteiger charge is -2.22. The van der Waals surface area contributed by atoms with Crippen LogP contribution in [0.3, 0.4) is 0 Å². The highest BCUT2D eigenvalue weighted by molar-refractivity contribution is 6.11. The van der Waals surface area contributed by atoms with Crippen molar-refractivity contribution < 1.29 is 23.8 Å². The summed E-state index contributed by atoms with van der Waals surface area (Å²) in [5.74, 6) is -0.938. The molecule has 0 aliphatic carbocycles. The highest BCUT2D eigenvalue weighted by atomic mass is 16.5. The van der Waals surface area contributed by atoms with Crippen molar-refractivity contribution in [3.8, 4) is 5.75 Å². The number of rotatable bonds is 6. The lowest BCUT2D eigenvalue weighted by atomic mass is 9.88. The third kappa shape index (κ3) is 3.47. The largest absolute Gasteiger partial charge is 0.493 e. The Morgan fingerprint density at radius 1 is 1.00 bits per heavy atom. The van der Waals surface area contributed by atoms with Crippen LogP contribution in [0.5, 0.6) is 5.75 Å². The van der Waals surface area contributed by atoms with Gasteiger partial charge in [0.15, 0.2) is 22.7 Å². The van der Waals surface area contributed by atoms with Gasteiger partial charge < -0.3 is 19.2 Å². The van der Waals surface area contributed by atoms with Crippen molar-refractivity contribution >= 4 is 28.3 Å². The van der Waals surface area contributed by atoms with Crippen LogP contribution in [0.2, 0.25) is 0 Å². The number of aliphatic hydroxyl groups is 1. The van der Waals surface area contributed by atoms with Crippen molar-refractivity contribution in [3.63, 3.8) is 0 Å². The molecule has 4 aromatic rings. The summed E-state index contributed by atoms with van der Waals surface area (Å²) >= 11 is 0. The number of ether oxygens (including phenoxy) is 1. The summed E-state index contributed by atoms with van der Waals surface area (Å²) in [4.78, 5) is 40.8. The minimum atomic E-state index is -2.10. The Hall–Kier alpha value is -4.23. The fraction of sp³-hybridized carbons (Fsp3) is 0.148. The molecular weight excluding hydrogens is 434 g/mol. The van der Waals surface area contributed by atoms with Crippen molar-refractivity contribution in [1.29, 1.82) is 0 Å². The summed E-state index contributed by atoms with van der Waals surface area (Å²) in [6, 6.07) is 22.6. The van der Waals surface area contributed by atoms with E-state index < -0.39 is 29.3 Å². The number of hydrogen-bond acceptors (Lipinski definition) is 6. The smallest absolute Gasteiger partial charge is 0.347 e. The van der Waals surface area contributed by atoms with E-state index in [0.29, 0.717) is 22.4 Å². The van der Waals surface area contributed by atoms with E-state index in [1.54, 1.807) is 42.5 Å². The second-order valence-electron chi connectivity index (χ2n) is 8.18. The lowest BCUT2D eigenvalue weighted by molar-refractivity contribution is -0.136. The number of fused-ring (bicyclic) bond motifs is 2. The first-order valence-corrected chi connectivity index (χ1v) is 10.7. The Morgan fingerprint density at radius 3 is 2.50 bits per heavy atom. The number of nitrogens with zero attached hydrogens (tertiary/aromatic N) is 1. The van der Waals surface area contributed by atoms with Crippen LogP contribution in [-0.2, 0) is 16.9 Å². The zero-order chi connectivity index (χ0) is 23.9. The summed E-state index contributed by atoms with van der Waals surface area (Å²) in [5, 5.41) is 12.0. The molecule has 0 spiro atoms. The molecule has 0 unspecified atom stereocenters. The maximum Gasteiger partial charge on any atom is 0.347 e. The third-order valence-corrected chi connectivity index (χ3v) is 6.08. The van der Waals surface area contributed by atoms with Crippen LogP contribution in [0.25, 0.3) is 11.0 Å². The molecule has 0 saturated carbocycles. The minimum absolute atomic E-state index is 0.224. The van der Waals surface area contributed by atoms with Gasteiger partial charge in [0, 0.05) is 10.9 Å². The maximum atomic E-state index is 13.4. The molecule has 0 bridgehead atoms. The summed E-state index contributed by atoms with van der Waals surface area (Å²) < 4.78 is 10.6. The topological polar surface area (TPSA) is 97.0 Å². The van der Waals surface area contributed by atoms with Crippen molar-refractivity contribution in [2.45, 2.75) is 18.6 Å². The first-order valence-electron chi connectivity index (χ1n) is 10.7. The lowest BCUT2D eigenvalue weighted by Crippen LogP contribution is -2.42. The number of carbonyl (C=O) groups is 2. The van der Waals surface area contributed by atoms with Crippen LogP contribution in [0, 0.1) is 0 Å². The molecule has 0 saturated heterocycles. The second-order valence-corrected chi connectivity index (χ2v) is 8.18. The maximum absolute atomic E-state index is 13.4. The average molecular weight is 455 g/mol. The summed E-state index contributed by atoms with van der Waals surface area (Å²) in [6.07, 6.45) is -0.589. The van der Waals surface area contributed by atoms with Gasteiger partial charge in [-0.25, -0.2) is 4.79 Å². The molecule has 5 rings (SSSR count). The molecule has 1 aliphatic heterocycles. The SMILES string of the molecule is COc1cccc2cc(C(=O)C[C@]3(O)C(=O)N(Cc4ccccc4)c4ccccc43)c(=O)oc12. The normalized spacial score (nSPS) is 17.1. The van der Waals surface area contributed by atoms with E-state index in [9.17, 15) is 19.5 Å². The number of para-hydroxylation sites is 2. The zero-order valence-electron chi connectivity index (χ0n) is 18.4. The number of carbonyl (C=O) groups excluding carboxylic acids is 2. The number of hydrogen-bond donors (Lipinski definition) is 1. The van der Waals surface area contributed by atoms with Gasteiger partial charge in [-0.3, -0.25) is 9.59 Å². The van der Waals surface area contributed by atoms with E-state index in [2.05, 4.69) is 0 Å². The Balaban J connectivity index is 1.51. The van der Waals surface area contributed by atoms with Crippen molar-refractivity contribution in [2.75, 3.05) is 12.0 Å². The molecule has 7 heteroatoms. The molecule has 1 N–H and O–H groups in total. The molecule has 2 heterocycles. The number of amides is 1. The zero-order valence-corrected chi connectivity index (χ0v) is 18.4. The molecule has 170 valence electrons. The third-order valence-electron chi connectivity index (χ3n) is 6.08. The number of methoxy groups -OCH3 is 1. The quantitative estimate of drug-likeness (QED) is 0.351. The minimum Gasteiger partial charge on any atom is -0.493 e. The first-order chi connectivity index (χ1) is 16.4. The molecular formula is C27H21NO6. The van der Waals surface area contributed by atoms with Gasteiger partial charge in [0.25, 0.3) is 5.91 Å². The van der Waals surface area contributed by atoms with Crippen LogP contribution in [0.4, 0.5) is 5.69 Å². The van der Waals surface area contributed by atoms with Gasteiger partial charge in [0.1, 0.15) is 5.56 Å². The van der Waals surface area contributed by atoms with Crippen molar-refractivity contribution in [1.82, 2.24) is 0 Å². The van der Waals surface area contributed by atoms with E-state index >= 15 is 0 Å². The van der Waals surface area contributed by atoms with Crippen LogP contribution in [0.15, 0.2) is 88.1 Å². The predicted octanol–water partition coefficient (Wildman–Crippen LogP) is 3.81. The van der Waals surface area contributed by atoms with E-state index in [4.69, 9.17) is 9.15 Å². The van der Waals surface area contributed by atoms with Gasteiger partial charge in [-0.2, -0.15) is 0 Å². The standard InChI is InChI=1S/C27H21NO6/c1-33-23-13-7-10-18-14-19(25(30)34-24(18)23)22(29)15-27(32)20-11-5-6-12-21(20)28(26(27)31)16-17-8-3-2-4-9-17/h2-14,32H,15-16H2,1H3/t27-/m1/s1. The monoisotopic (exact) mass is 455 g/mol. The van der Waals surface area contributed by atoms with Gasteiger partial charge in [-0.15, -0.1) is 0 Å². The van der Waals surface area contributed by atoms with Gasteiger partial charge in [0.2, 0.25) is 0 Å². The van der Waals surface area contributed by atoms with E-state index in [-0.39, 0.29) is 17.7 Å². The molecule has 1 aliphatic rings. The molecule has 0 fully saturated rings. The highest BCUT2D eigenvalue weighted by Crippen LogP contribution is 2.43. The van der Waals surface area contributed by atoms with Crippen LogP contribution in [0.1, 0.15) is 27.9 Å². The Kier molecular flexibility index (Phi) is 5.26. The summed E-state index contributed by atoms with van der Waals surface area (Å²) in [7, 11) is 1.45. The number of benzene rings is 3. The molecule has 1 aromatic heterocycles. The molecule has 3 aromatic carbocycles. The highest BCUT2D eigenvalue weighted by Gasteiger charge is 2.51. The Bertz CT molecular complexity index is 1480. The van der Waals surface area contributed by atoms with Gasteiger partial charge in [-0.05, 0) is 23.8 Å².